The van der Waals surface area contributed by atoms with Crippen molar-refractivity contribution in [1.82, 2.24) is 0 Å². The Labute approximate surface area is 41.9 Å². The lowest BCUT2D eigenvalue weighted by Crippen LogP contribution is -1.54. The van der Waals surface area contributed by atoms with Crippen LogP contribution in [0, 0.1) is 0 Å². The van der Waals surface area contributed by atoms with Gasteiger partial charge in [0.05, 0.1) is 0 Å². The molecule has 0 unspecified atom stereocenters. The summed E-state index contributed by atoms with van der Waals surface area (Å²) in [6.07, 6.45) is -2.48. The Balaban J connectivity index is 0. The summed E-state index contributed by atoms with van der Waals surface area (Å²) in [4.78, 5) is 0. The maximum Gasteiger partial charge on any atom is 0.317 e. The number of hydrogen-bond donors (Lipinski definition) is 0. The van der Waals surface area contributed by atoms with Gasteiger partial charge in [-0.15, -0.1) is 0 Å². The molecule has 44 valence electrons. The van der Waals surface area contributed by atoms with Gasteiger partial charge in [-0.25, -0.2) is 0 Å². The molecule has 0 spiro atoms. The van der Waals surface area contributed by atoms with Gasteiger partial charge in [-0.3, -0.25) is 4.70 Å². The second-order valence-corrected chi connectivity index (χ2v) is 0.853. The molecule has 0 fully saturated rings. The molecule has 0 aromatic rings. The lowest BCUT2D eigenvalue weighted by molar-refractivity contribution is 0.393. The van der Waals surface area contributed by atoms with Crippen LogP contribution in [0.25, 0.3) is 0 Å². The van der Waals surface area contributed by atoms with Crippen LogP contribution in [0.3, 0.4) is 0 Å². The van der Waals surface area contributed by atoms with Gasteiger partial charge in [0.15, 0.2) is 0 Å². The Kier molecular flexibility index (Phi) is 5.54. The Morgan fingerprint density at radius 3 is 1.29 bits per heavy atom. The van der Waals surface area contributed by atoms with Crippen molar-refractivity contribution in [1.29, 1.82) is 0 Å². The molecule has 0 bridgehead atoms. The molecule has 0 aliphatic carbocycles. The monoisotopic (exact) mass is 136 g/mol. The Bertz CT molecular complexity index is 59.8. The first-order valence-corrected chi connectivity index (χ1v) is 1.38. The van der Waals surface area contributed by atoms with Crippen molar-refractivity contribution in [3.05, 3.63) is 11.4 Å². The third kappa shape index (κ3) is 5.75. The van der Waals surface area contributed by atoms with E-state index in [1.165, 1.54) is 0 Å². The highest BCUT2D eigenvalue weighted by Gasteiger charge is 1.95. The molecule has 0 aliphatic heterocycles. The standard InChI is InChI=1S/C2ClF3.FH/c3-1(4)2(5)6;/h;1H. The van der Waals surface area contributed by atoms with E-state index in [0.717, 1.165) is 0 Å². The molecule has 0 radical (unpaired) electrons. The molecule has 0 rings (SSSR count). The van der Waals surface area contributed by atoms with Crippen molar-refractivity contribution in [2.75, 3.05) is 0 Å². The quantitative estimate of drug-likeness (QED) is 0.449. The van der Waals surface area contributed by atoms with Crippen LogP contribution in [0.15, 0.2) is 11.4 Å². The summed E-state index contributed by atoms with van der Waals surface area (Å²) in [5.74, 6) is 0. The van der Waals surface area contributed by atoms with Crippen molar-refractivity contribution in [3.8, 4) is 0 Å². The molecule has 0 saturated carbocycles. The molecular formula is C2HClF4. The van der Waals surface area contributed by atoms with Gasteiger partial charge in [-0.1, -0.05) is 0 Å². The van der Waals surface area contributed by atoms with E-state index in [9.17, 15) is 13.2 Å². The summed E-state index contributed by atoms with van der Waals surface area (Å²) in [6, 6.07) is 0. The zero-order chi connectivity index (χ0) is 5.15. The minimum atomic E-state index is -2.48. The van der Waals surface area contributed by atoms with Gasteiger partial charge in [-0.05, 0) is 11.6 Å². The fourth-order valence-electron chi connectivity index (χ4n) is 0. The van der Waals surface area contributed by atoms with E-state index in [2.05, 4.69) is 11.6 Å². The van der Waals surface area contributed by atoms with Crippen molar-refractivity contribution >= 4 is 11.6 Å². The third-order valence-electron chi connectivity index (χ3n) is 0.143. The lowest BCUT2D eigenvalue weighted by Gasteiger charge is -1.70. The topological polar surface area (TPSA) is 0 Å². The van der Waals surface area contributed by atoms with Crippen molar-refractivity contribution in [2.45, 2.75) is 0 Å². The predicted molar refractivity (Wildman–Crippen MR) is 18.7 cm³/mol. The maximum atomic E-state index is 10.7. The summed E-state index contributed by atoms with van der Waals surface area (Å²) in [5, 5.41) is -1.94. The van der Waals surface area contributed by atoms with Gasteiger partial charge in [0.2, 0.25) is 0 Å². The van der Waals surface area contributed by atoms with Crippen LogP contribution in [0.1, 0.15) is 0 Å². The second-order valence-electron chi connectivity index (χ2n) is 0.521. The average Bonchev–Trinajstić information content (AvgIpc) is 1.36. The highest BCUT2D eigenvalue weighted by molar-refractivity contribution is 6.28. The lowest BCUT2D eigenvalue weighted by atomic mass is 11.1. The van der Waals surface area contributed by atoms with Crippen molar-refractivity contribution in [2.24, 2.45) is 0 Å². The number of halogens is 5. The van der Waals surface area contributed by atoms with E-state index in [-0.39, 0.29) is 4.70 Å². The molecule has 7 heavy (non-hydrogen) atoms. The largest absolute Gasteiger partial charge is 0.317 e. The van der Waals surface area contributed by atoms with E-state index in [0.29, 0.717) is 0 Å². The Morgan fingerprint density at radius 1 is 1.14 bits per heavy atom. The van der Waals surface area contributed by atoms with Gasteiger partial charge in [0.25, 0.3) is 5.29 Å². The van der Waals surface area contributed by atoms with Gasteiger partial charge in [0.1, 0.15) is 0 Å². The van der Waals surface area contributed by atoms with Crippen molar-refractivity contribution in [3.63, 3.8) is 0 Å². The van der Waals surface area contributed by atoms with Crippen molar-refractivity contribution < 1.29 is 17.9 Å². The van der Waals surface area contributed by atoms with Gasteiger partial charge in [-0.2, -0.15) is 13.2 Å². The first kappa shape index (κ1) is 9.89. The fraction of sp³-hybridized carbons (Fsp3) is 0. The highest BCUT2D eigenvalue weighted by atomic mass is 35.5. The van der Waals surface area contributed by atoms with Gasteiger partial charge < -0.3 is 0 Å². The normalized spacial score (nSPS) is 6.86. The molecular weight excluding hydrogens is 135 g/mol. The third-order valence-corrected chi connectivity index (χ3v) is 0.286. The molecule has 5 heteroatoms. The van der Waals surface area contributed by atoms with E-state index in [1.54, 1.807) is 0 Å². The molecule has 0 atom stereocenters. The SMILES string of the molecule is F.FC(F)=C(F)Cl. The molecule has 0 aliphatic rings. The van der Waals surface area contributed by atoms with Crippen LogP contribution in [0.5, 0.6) is 0 Å². The summed E-state index contributed by atoms with van der Waals surface area (Å²) >= 11 is 4.08. The van der Waals surface area contributed by atoms with Crippen LogP contribution in [0.2, 0.25) is 0 Å². The van der Waals surface area contributed by atoms with E-state index in [4.69, 9.17) is 0 Å². The average molecular weight is 136 g/mol. The highest BCUT2D eigenvalue weighted by Crippen LogP contribution is 2.11. The summed E-state index contributed by atoms with van der Waals surface area (Å²) in [7, 11) is 0. The number of hydrogen-bond acceptors (Lipinski definition) is 0. The van der Waals surface area contributed by atoms with E-state index < -0.39 is 11.4 Å². The van der Waals surface area contributed by atoms with Crippen LogP contribution in [-0.2, 0) is 0 Å². The second kappa shape index (κ2) is 3.92. The summed E-state index contributed by atoms with van der Waals surface area (Å²) < 4.78 is 31.8. The maximum absolute atomic E-state index is 10.7. The first-order chi connectivity index (χ1) is 2.64. The molecule has 0 N–H and O–H groups in total. The Morgan fingerprint density at radius 2 is 1.29 bits per heavy atom. The summed E-state index contributed by atoms with van der Waals surface area (Å²) in [5.41, 5.74) is 0. The molecule has 0 aromatic carbocycles. The number of rotatable bonds is 0. The van der Waals surface area contributed by atoms with Gasteiger partial charge >= 0.3 is 6.08 Å². The van der Waals surface area contributed by atoms with Crippen LogP contribution in [0.4, 0.5) is 17.9 Å². The molecule has 0 amide bonds. The van der Waals surface area contributed by atoms with E-state index in [1.807, 2.05) is 0 Å². The molecule has 0 nitrogen and oxygen atoms in total. The zero-order valence-corrected chi connectivity index (χ0v) is 3.68. The van der Waals surface area contributed by atoms with Crippen LogP contribution in [-0.4, -0.2) is 0 Å². The molecule has 0 saturated heterocycles. The predicted octanol–water partition coefficient (Wildman–Crippen LogP) is 2.41. The minimum Gasteiger partial charge on any atom is -0.269 e. The zero-order valence-electron chi connectivity index (χ0n) is 2.92. The van der Waals surface area contributed by atoms with E-state index >= 15 is 0 Å². The first-order valence-electron chi connectivity index (χ1n) is 1.01. The molecule has 0 heterocycles. The Hall–Kier alpha value is -0.250. The van der Waals surface area contributed by atoms with Crippen LogP contribution >= 0.6 is 11.6 Å². The van der Waals surface area contributed by atoms with Crippen LogP contribution < -0.4 is 0 Å². The minimum absolute atomic E-state index is 0. The smallest absolute Gasteiger partial charge is 0.269 e. The molecule has 0 aromatic heterocycles. The van der Waals surface area contributed by atoms with Gasteiger partial charge in [0, 0.05) is 0 Å². The fourth-order valence-corrected chi connectivity index (χ4v) is 0. The summed E-state index contributed by atoms with van der Waals surface area (Å²) in [6.45, 7) is 0.